The first-order chi connectivity index (χ1) is 5.20. The maximum absolute atomic E-state index is 10.3. The number of hydrogen-bond donors (Lipinski definition) is 1. The Balaban J connectivity index is 2.28. The first-order valence-electron chi connectivity index (χ1n) is 3.88. The van der Waals surface area contributed by atoms with Crippen LogP contribution in [0.2, 0.25) is 0 Å². The van der Waals surface area contributed by atoms with Crippen molar-refractivity contribution in [2.24, 2.45) is 0 Å². The van der Waals surface area contributed by atoms with Crippen molar-refractivity contribution in [3.05, 3.63) is 0 Å². The van der Waals surface area contributed by atoms with Crippen LogP contribution in [0, 0.1) is 0 Å². The Morgan fingerprint density at radius 2 is 2.09 bits per heavy atom. The van der Waals surface area contributed by atoms with E-state index in [0.29, 0.717) is 0 Å². The summed E-state index contributed by atoms with van der Waals surface area (Å²) in [7, 11) is 1.82. The van der Waals surface area contributed by atoms with Crippen molar-refractivity contribution in [1.29, 1.82) is 0 Å². The van der Waals surface area contributed by atoms with Gasteiger partial charge in [0, 0.05) is 20.1 Å². The summed E-state index contributed by atoms with van der Waals surface area (Å²) in [6, 6.07) is 0. The lowest BCUT2D eigenvalue weighted by Gasteiger charge is -2.25. The van der Waals surface area contributed by atoms with Crippen molar-refractivity contribution in [3.63, 3.8) is 0 Å². The Morgan fingerprint density at radius 3 is 2.55 bits per heavy atom. The number of likely N-dealkylation sites (N-methyl/N-ethyl adjacent to an activating group) is 1. The van der Waals surface area contributed by atoms with E-state index in [1.54, 1.807) is 5.01 Å². The van der Waals surface area contributed by atoms with Gasteiger partial charge in [0.15, 0.2) is 0 Å². The number of carboxylic acids is 1. The summed E-state index contributed by atoms with van der Waals surface area (Å²) in [5.74, 6) is -0.764. The fraction of sp³-hybridized carbons (Fsp3) is 0.857. The van der Waals surface area contributed by atoms with Gasteiger partial charge in [0.1, 0.15) is 6.54 Å². The molecule has 0 atom stereocenters. The molecule has 1 fully saturated rings. The molecule has 0 aromatic heterocycles. The number of carboxylic acid groups (broad SMARTS) is 1. The van der Waals surface area contributed by atoms with E-state index in [1.165, 1.54) is 12.8 Å². The van der Waals surface area contributed by atoms with E-state index in [4.69, 9.17) is 5.11 Å². The molecule has 0 aromatic rings. The molecule has 11 heavy (non-hydrogen) atoms. The minimum atomic E-state index is -0.764. The van der Waals surface area contributed by atoms with Crippen LogP contribution in [0.3, 0.4) is 0 Å². The first-order valence-corrected chi connectivity index (χ1v) is 3.88. The lowest BCUT2D eigenvalue weighted by atomic mass is 10.4. The molecule has 1 heterocycles. The average molecular weight is 158 g/mol. The predicted molar refractivity (Wildman–Crippen MR) is 41.1 cm³/mol. The van der Waals surface area contributed by atoms with Crippen LogP contribution >= 0.6 is 0 Å². The predicted octanol–water partition coefficient (Wildman–Crippen LogP) is 0.0136. The highest BCUT2D eigenvalue weighted by molar-refractivity contribution is 5.68. The Bertz CT molecular complexity index is 143. The van der Waals surface area contributed by atoms with Crippen molar-refractivity contribution in [3.8, 4) is 0 Å². The highest BCUT2D eigenvalue weighted by Gasteiger charge is 2.17. The van der Waals surface area contributed by atoms with Crippen molar-refractivity contribution < 1.29 is 9.90 Å². The monoisotopic (exact) mass is 158 g/mol. The molecule has 0 saturated carbocycles. The van der Waals surface area contributed by atoms with Crippen molar-refractivity contribution >= 4 is 5.97 Å². The molecular weight excluding hydrogens is 144 g/mol. The maximum atomic E-state index is 10.3. The molecule has 0 radical (unpaired) electrons. The second-order valence-electron chi connectivity index (χ2n) is 2.87. The van der Waals surface area contributed by atoms with E-state index in [9.17, 15) is 4.79 Å². The van der Waals surface area contributed by atoms with Crippen LogP contribution < -0.4 is 0 Å². The van der Waals surface area contributed by atoms with E-state index in [-0.39, 0.29) is 6.54 Å². The van der Waals surface area contributed by atoms with Crippen LogP contribution in [0.25, 0.3) is 0 Å². The average Bonchev–Trinajstić information content (AvgIpc) is 2.35. The van der Waals surface area contributed by atoms with Crippen LogP contribution in [-0.4, -0.2) is 47.8 Å². The van der Waals surface area contributed by atoms with Crippen molar-refractivity contribution in [1.82, 2.24) is 10.0 Å². The highest BCUT2D eigenvalue weighted by Crippen LogP contribution is 2.08. The van der Waals surface area contributed by atoms with E-state index in [0.717, 1.165) is 13.1 Å². The Labute approximate surface area is 66.4 Å². The summed E-state index contributed by atoms with van der Waals surface area (Å²) in [6.45, 7) is 2.12. The van der Waals surface area contributed by atoms with Gasteiger partial charge in [0.2, 0.25) is 0 Å². The van der Waals surface area contributed by atoms with E-state index >= 15 is 0 Å². The van der Waals surface area contributed by atoms with Crippen LogP contribution in [-0.2, 0) is 4.79 Å². The van der Waals surface area contributed by atoms with E-state index in [1.807, 2.05) is 7.05 Å². The number of nitrogens with zero attached hydrogens (tertiary/aromatic N) is 2. The first kappa shape index (κ1) is 8.49. The van der Waals surface area contributed by atoms with E-state index in [2.05, 4.69) is 5.01 Å². The zero-order chi connectivity index (χ0) is 8.27. The standard InChI is InChI=1S/C7H14N2O2/c1-8(6-7(10)11)9-4-2-3-5-9/h2-6H2,1H3,(H,10,11). The normalized spacial score (nSPS) is 19.5. The Hall–Kier alpha value is -0.610. The third-order valence-corrected chi connectivity index (χ3v) is 1.93. The second kappa shape index (κ2) is 3.69. The molecule has 0 bridgehead atoms. The zero-order valence-electron chi connectivity index (χ0n) is 6.79. The zero-order valence-corrected chi connectivity index (χ0v) is 6.79. The fourth-order valence-electron chi connectivity index (χ4n) is 1.34. The summed E-state index contributed by atoms with van der Waals surface area (Å²) in [6.07, 6.45) is 2.37. The van der Waals surface area contributed by atoms with Crippen LogP contribution in [0.1, 0.15) is 12.8 Å². The number of hydrogen-bond acceptors (Lipinski definition) is 3. The smallest absolute Gasteiger partial charge is 0.319 e. The summed E-state index contributed by atoms with van der Waals surface area (Å²) in [5.41, 5.74) is 0. The molecule has 0 unspecified atom stereocenters. The molecule has 1 rings (SSSR count). The third-order valence-electron chi connectivity index (χ3n) is 1.93. The van der Waals surface area contributed by atoms with Gasteiger partial charge in [-0.25, -0.2) is 10.0 Å². The van der Waals surface area contributed by atoms with Gasteiger partial charge in [-0.2, -0.15) is 0 Å². The van der Waals surface area contributed by atoms with Gasteiger partial charge in [0.25, 0.3) is 0 Å². The highest BCUT2D eigenvalue weighted by atomic mass is 16.4. The molecule has 0 spiro atoms. The molecule has 4 nitrogen and oxygen atoms in total. The summed E-state index contributed by atoms with van der Waals surface area (Å²) in [5, 5.41) is 12.3. The van der Waals surface area contributed by atoms with Crippen molar-refractivity contribution in [2.75, 3.05) is 26.7 Å². The molecule has 64 valence electrons. The number of rotatable bonds is 3. The van der Waals surface area contributed by atoms with Crippen LogP contribution in [0.15, 0.2) is 0 Å². The van der Waals surface area contributed by atoms with Gasteiger partial charge in [-0.15, -0.1) is 0 Å². The maximum Gasteiger partial charge on any atom is 0.319 e. The van der Waals surface area contributed by atoms with Gasteiger partial charge in [0.05, 0.1) is 0 Å². The molecule has 4 heteroatoms. The van der Waals surface area contributed by atoms with Gasteiger partial charge in [-0.1, -0.05) is 0 Å². The van der Waals surface area contributed by atoms with Gasteiger partial charge < -0.3 is 5.11 Å². The minimum absolute atomic E-state index is 0.111. The van der Waals surface area contributed by atoms with Gasteiger partial charge in [-0.3, -0.25) is 4.79 Å². The SMILES string of the molecule is CN(CC(=O)O)N1CCCC1. The largest absolute Gasteiger partial charge is 0.480 e. The van der Waals surface area contributed by atoms with Crippen LogP contribution in [0.5, 0.6) is 0 Å². The number of aliphatic carboxylic acids is 1. The van der Waals surface area contributed by atoms with Crippen molar-refractivity contribution in [2.45, 2.75) is 12.8 Å². The molecule has 1 aliphatic rings. The fourth-order valence-corrected chi connectivity index (χ4v) is 1.34. The lowest BCUT2D eigenvalue weighted by Crippen LogP contribution is -2.40. The molecular formula is C7H14N2O2. The Morgan fingerprint density at radius 1 is 1.55 bits per heavy atom. The van der Waals surface area contributed by atoms with Gasteiger partial charge >= 0.3 is 5.97 Å². The molecule has 1 N–H and O–H groups in total. The lowest BCUT2D eigenvalue weighted by molar-refractivity contribution is -0.142. The number of carbonyl (C=O) groups is 1. The van der Waals surface area contributed by atoms with Gasteiger partial charge in [-0.05, 0) is 12.8 Å². The minimum Gasteiger partial charge on any atom is -0.480 e. The molecule has 1 saturated heterocycles. The summed E-state index contributed by atoms with van der Waals surface area (Å²) < 4.78 is 0. The van der Waals surface area contributed by atoms with Crippen LogP contribution in [0.4, 0.5) is 0 Å². The molecule has 1 aliphatic heterocycles. The number of hydrazine groups is 1. The topological polar surface area (TPSA) is 43.8 Å². The quantitative estimate of drug-likeness (QED) is 0.628. The summed E-state index contributed by atoms with van der Waals surface area (Å²) in [4.78, 5) is 10.3. The summed E-state index contributed by atoms with van der Waals surface area (Å²) >= 11 is 0. The molecule has 0 amide bonds. The molecule has 0 aliphatic carbocycles. The second-order valence-corrected chi connectivity index (χ2v) is 2.87. The van der Waals surface area contributed by atoms with E-state index < -0.39 is 5.97 Å². The molecule has 0 aromatic carbocycles. The Kier molecular flexibility index (Phi) is 2.84. The third kappa shape index (κ3) is 2.48.